The third-order valence-corrected chi connectivity index (χ3v) is 6.39. The zero-order valence-electron chi connectivity index (χ0n) is 19.8. The SMILES string of the molecule is COc1cc(N2CCC(=O)CC2)c([N+](=O)[O-])cc1Nc1cc(N2OCC[C@@H]2c2ccccc2)ncn1. The van der Waals surface area contributed by atoms with Crippen LogP contribution in [0.25, 0.3) is 0 Å². The van der Waals surface area contributed by atoms with Crippen LogP contribution in [0.1, 0.15) is 30.9 Å². The van der Waals surface area contributed by atoms with Crippen molar-refractivity contribution in [2.75, 3.05) is 42.1 Å². The van der Waals surface area contributed by atoms with Gasteiger partial charge in [-0.25, -0.2) is 15.0 Å². The molecule has 3 aromatic rings. The molecule has 0 saturated carbocycles. The number of carbonyl (C=O) groups is 1. The highest BCUT2D eigenvalue weighted by Gasteiger charge is 2.30. The van der Waals surface area contributed by atoms with E-state index in [-0.39, 0.29) is 17.5 Å². The van der Waals surface area contributed by atoms with Gasteiger partial charge in [0.25, 0.3) is 5.69 Å². The number of hydrogen-bond donors (Lipinski definition) is 1. The third kappa shape index (κ3) is 4.78. The lowest BCUT2D eigenvalue weighted by molar-refractivity contribution is -0.384. The van der Waals surface area contributed by atoms with Crippen molar-refractivity contribution >= 4 is 34.5 Å². The lowest BCUT2D eigenvalue weighted by Gasteiger charge is -2.28. The average molecular weight is 491 g/mol. The fourth-order valence-electron chi connectivity index (χ4n) is 4.57. The molecule has 11 nitrogen and oxygen atoms in total. The second kappa shape index (κ2) is 10.2. The molecular weight excluding hydrogens is 464 g/mol. The molecule has 11 heteroatoms. The molecular formula is C25H26N6O5. The van der Waals surface area contributed by atoms with Crippen molar-refractivity contribution in [3.05, 3.63) is 70.5 Å². The standard InChI is InChI=1S/C25H26N6O5/c1-35-23-14-21(29-10-7-18(32)8-11-29)22(31(33)34)13-19(23)28-24-15-25(27-16-26-24)30-20(9-12-36-30)17-5-3-2-4-6-17/h2-6,13-16,20H,7-12H2,1H3,(H,26,27,28)/t20-/m1/s1. The molecule has 1 atom stereocenters. The van der Waals surface area contributed by atoms with Gasteiger partial charge in [0.1, 0.15) is 29.4 Å². The molecule has 0 bridgehead atoms. The maximum absolute atomic E-state index is 11.9. The number of nitrogens with zero attached hydrogens (tertiary/aromatic N) is 5. The van der Waals surface area contributed by atoms with E-state index in [0.717, 1.165) is 12.0 Å². The number of nitrogens with one attached hydrogen (secondary N) is 1. The van der Waals surface area contributed by atoms with E-state index < -0.39 is 4.92 Å². The number of ether oxygens (including phenoxy) is 1. The van der Waals surface area contributed by atoms with Crippen LogP contribution < -0.4 is 20.0 Å². The molecule has 0 unspecified atom stereocenters. The second-order valence-corrected chi connectivity index (χ2v) is 8.58. The number of hydroxylamine groups is 1. The highest BCUT2D eigenvalue weighted by atomic mass is 16.7. The van der Waals surface area contributed by atoms with Crippen molar-refractivity contribution in [3.63, 3.8) is 0 Å². The topological polar surface area (TPSA) is 123 Å². The number of Topliss-reactive ketones (excluding diaryl/α,β-unsaturated/α-hetero) is 1. The number of ketones is 1. The smallest absolute Gasteiger partial charge is 0.294 e. The van der Waals surface area contributed by atoms with Crippen molar-refractivity contribution in [3.8, 4) is 5.75 Å². The number of hydrogen-bond acceptors (Lipinski definition) is 10. The van der Waals surface area contributed by atoms with Crippen LogP contribution in [0.4, 0.5) is 28.7 Å². The minimum Gasteiger partial charge on any atom is -0.494 e. The normalized spacial score (nSPS) is 17.8. The van der Waals surface area contributed by atoms with Crippen molar-refractivity contribution in [2.45, 2.75) is 25.3 Å². The number of aromatic nitrogens is 2. The first-order chi connectivity index (χ1) is 17.5. The zero-order chi connectivity index (χ0) is 25.1. The van der Waals surface area contributed by atoms with Crippen LogP contribution in [0.2, 0.25) is 0 Å². The fourth-order valence-corrected chi connectivity index (χ4v) is 4.57. The van der Waals surface area contributed by atoms with Gasteiger partial charge in [0.05, 0.1) is 30.4 Å². The van der Waals surface area contributed by atoms with Crippen LogP contribution in [-0.4, -0.2) is 47.5 Å². The van der Waals surface area contributed by atoms with E-state index in [9.17, 15) is 14.9 Å². The van der Waals surface area contributed by atoms with Crippen molar-refractivity contribution in [1.29, 1.82) is 0 Å². The molecule has 2 fully saturated rings. The molecule has 2 aliphatic rings. The lowest BCUT2D eigenvalue weighted by atomic mass is 10.0. The quantitative estimate of drug-likeness (QED) is 0.381. The van der Waals surface area contributed by atoms with E-state index in [2.05, 4.69) is 27.4 Å². The van der Waals surface area contributed by atoms with Gasteiger partial charge in [0, 0.05) is 50.6 Å². The first-order valence-electron chi connectivity index (χ1n) is 11.7. The Morgan fingerprint density at radius 3 is 2.64 bits per heavy atom. The van der Waals surface area contributed by atoms with E-state index in [0.29, 0.717) is 61.3 Å². The summed E-state index contributed by atoms with van der Waals surface area (Å²) >= 11 is 0. The lowest BCUT2D eigenvalue weighted by Crippen LogP contribution is -2.34. The van der Waals surface area contributed by atoms with Gasteiger partial charge in [-0.3, -0.25) is 19.7 Å². The number of nitro groups is 1. The summed E-state index contributed by atoms with van der Waals surface area (Å²) < 4.78 is 5.55. The van der Waals surface area contributed by atoms with Gasteiger partial charge in [-0.2, -0.15) is 0 Å². The number of rotatable bonds is 7. The summed E-state index contributed by atoms with van der Waals surface area (Å²) in [6.07, 6.45) is 2.97. The van der Waals surface area contributed by atoms with Crippen LogP contribution in [-0.2, 0) is 9.63 Å². The predicted molar refractivity (Wildman–Crippen MR) is 134 cm³/mol. The maximum atomic E-state index is 11.9. The molecule has 1 aromatic heterocycles. The molecule has 5 rings (SSSR count). The molecule has 0 spiro atoms. The summed E-state index contributed by atoms with van der Waals surface area (Å²) in [6.45, 7) is 1.43. The van der Waals surface area contributed by atoms with E-state index in [1.807, 2.05) is 23.1 Å². The van der Waals surface area contributed by atoms with Crippen molar-refractivity contribution in [2.24, 2.45) is 0 Å². The number of benzene rings is 2. The summed E-state index contributed by atoms with van der Waals surface area (Å²) in [7, 11) is 1.50. The maximum Gasteiger partial charge on any atom is 0.294 e. The van der Waals surface area contributed by atoms with Crippen LogP contribution in [0.5, 0.6) is 5.75 Å². The van der Waals surface area contributed by atoms with E-state index in [1.54, 1.807) is 17.2 Å². The Morgan fingerprint density at radius 1 is 1.14 bits per heavy atom. The molecule has 0 radical (unpaired) electrons. The van der Waals surface area contributed by atoms with E-state index in [4.69, 9.17) is 9.57 Å². The van der Waals surface area contributed by atoms with Gasteiger partial charge < -0.3 is 15.0 Å². The van der Waals surface area contributed by atoms with Gasteiger partial charge in [-0.05, 0) is 5.56 Å². The van der Waals surface area contributed by atoms with Gasteiger partial charge in [0.15, 0.2) is 5.82 Å². The third-order valence-electron chi connectivity index (χ3n) is 6.39. The summed E-state index contributed by atoms with van der Waals surface area (Å²) in [5, 5.41) is 16.8. The Kier molecular flexibility index (Phi) is 6.63. The monoisotopic (exact) mass is 490 g/mol. The number of piperidine rings is 1. The molecule has 2 saturated heterocycles. The zero-order valence-corrected chi connectivity index (χ0v) is 19.8. The number of methoxy groups -OCH3 is 1. The largest absolute Gasteiger partial charge is 0.494 e. The van der Waals surface area contributed by atoms with Crippen LogP contribution >= 0.6 is 0 Å². The predicted octanol–water partition coefficient (Wildman–Crippen LogP) is 4.19. The summed E-state index contributed by atoms with van der Waals surface area (Å²) in [5.74, 6) is 1.59. The average Bonchev–Trinajstić information content (AvgIpc) is 3.40. The van der Waals surface area contributed by atoms with Crippen LogP contribution in [0, 0.1) is 10.1 Å². The summed E-state index contributed by atoms with van der Waals surface area (Å²) in [6, 6.07) is 14.9. The number of carbonyl (C=O) groups excluding carboxylic acids is 1. The number of anilines is 4. The van der Waals surface area contributed by atoms with E-state index >= 15 is 0 Å². The molecule has 186 valence electrons. The minimum atomic E-state index is -0.426. The van der Waals surface area contributed by atoms with Gasteiger partial charge in [0.2, 0.25) is 0 Å². The Bertz CT molecular complexity index is 1260. The van der Waals surface area contributed by atoms with Crippen molar-refractivity contribution in [1.82, 2.24) is 9.97 Å². The van der Waals surface area contributed by atoms with Gasteiger partial charge in [-0.15, -0.1) is 0 Å². The fraction of sp³-hybridized carbons (Fsp3) is 0.320. The molecule has 2 aliphatic heterocycles. The molecule has 3 heterocycles. The highest BCUT2D eigenvalue weighted by Crippen LogP contribution is 2.40. The Labute approximate surface area is 207 Å². The van der Waals surface area contributed by atoms with E-state index in [1.165, 1.54) is 19.5 Å². The minimum absolute atomic E-state index is 0.0141. The van der Waals surface area contributed by atoms with Crippen LogP contribution in [0.3, 0.4) is 0 Å². The molecule has 0 aliphatic carbocycles. The molecule has 0 amide bonds. The molecule has 36 heavy (non-hydrogen) atoms. The first-order valence-corrected chi connectivity index (χ1v) is 11.7. The summed E-state index contributed by atoms with van der Waals surface area (Å²) in [5.41, 5.74) is 1.87. The second-order valence-electron chi connectivity index (χ2n) is 8.58. The van der Waals surface area contributed by atoms with Crippen molar-refractivity contribution < 1.29 is 19.3 Å². The Morgan fingerprint density at radius 2 is 1.92 bits per heavy atom. The molecule has 1 N–H and O–H groups in total. The Hall–Kier alpha value is -4.25. The van der Waals surface area contributed by atoms with Gasteiger partial charge >= 0.3 is 0 Å². The van der Waals surface area contributed by atoms with Gasteiger partial charge in [-0.1, -0.05) is 30.3 Å². The summed E-state index contributed by atoms with van der Waals surface area (Å²) in [4.78, 5) is 39.5. The molecule has 2 aromatic carbocycles. The number of nitro benzene ring substituents is 1. The highest BCUT2D eigenvalue weighted by molar-refractivity contribution is 5.83. The van der Waals surface area contributed by atoms with Crippen LogP contribution in [0.15, 0.2) is 54.9 Å². The first kappa shape index (κ1) is 23.5. The Balaban J connectivity index is 1.43.